The molecule has 0 aliphatic heterocycles. The van der Waals surface area contributed by atoms with Crippen LogP contribution in [0.5, 0.6) is 0 Å². The highest BCUT2D eigenvalue weighted by Gasteiger charge is 2.34. The number of amides is 2. The van der Waals surface area contributed by atoms with Crippen LogP contribution in [0, 0.1) is 6.92 Å². The predicted molar refractivity (Wildman–Crippen MR) is 139 cm³/mol. The van der Waals surface area contributed by atoms with Gasteiger partial charge in [0.05, 0.1) is 5.52 Å². The van der Waals surface area contributed by atoms with Crippen molar-refractivity contribution in [1.29, 1.82) is 0 Å². The lowest BCUT2D eigenvalue weighted by Crippen LogP contribution is -2.50. The Morgan fingerprint density at radius 1 is 1.06 bits per heavy atom. The third-order valence-corrected chi connectivity index (χ3v) is 6.40. The molecule has 2 amide bonds. The normalized spacial score (nSPS) is 12.3. The molecule has 8 heteroatoms. The molecule has 0 aliphatic carbocycles. The van der Waals surface area contributed by atoms with E-state index >= 15 is 0 Å². The highest BCUT2D eigenvalue weighted by Crippen LogP contribution is 2.26. The third-order valence-electron chi connectivity index (χ3n) is 6.40. The van der Waals surface area contributed by atoms with E-state index in [1.54, 1.807) is 28.0 Å². The fraction of sp³-hybridized carbons (Fsp3) is 0.321. The topological polar surface area (TPSA) is 93.0 Å². The van der Waals surface area contributed by atoms with Crippen LogP contribution in [0.25, 0.3) is 11.0 Å². The molecule has 0 radical (unpaired) electrons. The standard InChI is InChI=1S/C28H32N6O2/c1-5-28(3,4)30-27(36)26(22-9-8-16-29-17-22)33(18-21-14-12-20(2)13-15-21)25(35)19-34-24-11-7-6-10-23(24)31-32-34/h6-17,26H,5,18-19H2,1-4H3,(H,30,36). The summed E-state index contributed by atoms with van der Waals surface area (Å²) in [6.07, 6.45) is 4.04. The van der Waals surface area contributed by atoms with E-state index in [0.717, 1.165) is 23.1 Å². The molecule has 1 unspecified atom stereocenters. The van der Waals surface area contributed by atoms with Crippen molar-refractivity contribution in [2.75, 3.05) is 0 Å². The minimum absolute atomic E-state index is 0.0480. The Hall–Kier alpha value is -4.07. The maximum atomic E-state index is 13.9. The van der Waals surface area contributed by atoms with E-state index in [0.29, 0.717) is 11.1 Å². The summed E-state index contributed by atoms with van der Waals surface area (Å²) in [6, 6.07) is 18.2. The molecular formula is C28H32N6O2. The zero-order valence-corrected chi connectivity index (χ0v) is 21.2. The van der Waals surface area contributed by atoms with Crippen molar-refractivity contribution in [2.24, 2.45) is 0 Å². The Kier molecular flexibility index (Phi) is 7.43. The number of nitrogens with zero attached hydrogens (tertiary/aromatic N) is 5. The van der Waals surface area contributed by atoms with Crippen molar-refractivity contribution in [2.45, 2.75) is 58.8 Å². The Morgan fingerprint density at radius 2 is 1.81 bits per heavy atom. The Balaban J connectivity index is 1.74. The van der Waals surface area contributed by atoms with Gasteiger partial charge in [0.1, 0.15) is 18.1 Å². The molecule has 0 saturated carbocycles. The van der Waals surface area contributed by atoms with Gasteiger partial charge in [-0.3, -0.25) is 14.6 Å². The summed E-state index contributed by atoms with van der Waals surface area (Å²) in [5.74, 6) is -0.497. The number of aryl methyl sites for hydroxylation is 1. The fourth-order valence-corrected chi connectivity index (χ4v) is 3.97. The lowest BCUT2D eigenvalue weighted by atomic mass is 9.99. The number of fused-ring (bicyclic) bond motifs is 1. The predicted octanol–water partition coefficient (Wildman–Crippen LogP) is 4.21. The van der Waals surface area contributed by atoms with Crippen LogP contribution in [0.15, 0.2) is 73.1 Å². The Labute approximate surface area is 211 Å². The van der Waals surface area contributed by atoms with Gasteiger partial charge in [-0.1, -0.05) is 60.2 Å². The molecule has 36 heavy (non-hydrogen) atoms. The lowest BCUT2D eigenvalue weighted by Gasteiger charge is -2.34. The minimum atomic E-state index is -0.867. The van der Waals surface area contributed by atoms with Gasteiger partial charge in [0.2, 0.25) is 11.8 Å². The summed E-state index contributed by atoms with van der Waals surface area (Å²) in [4.78, 5) is 33.5. The van der Waals surface area contributed by atoms with Gasteiger partial charge in [-0.2, -0.15) is 0 Å². The van der Waals surface area contributed by atoms with Crippen molar-refractivity contribution < 1.29 is 9.59 Å². The highest BCUT2D eigenvalue weighted by atomic mass is 16.2. The number of hydrogen-bond donors (Lipinski definition) is 1. The second-order valence-electron chi connectivity index (χ2n) is 9.66. The molecule has 2 aromatic heterocycles. The summed E-state index contributed by atoms with van der Waals surface area (Å²) >= 11 is 0. The second-order valence-corrected chi connectivity index (χ2v) is 9.66. The van der Waals surface area contributed by atoms with Crippen LogP contribution in [0.3, 0.4) is 0 Å². The van der Waals surface area contributed by atoms with Crippen LogP contribution >= 0.6 is 0 Å². The first-order chi connectivity index (χ1) is 17.3. The van der Waals surface area contributed by atoms with Crippen LogP contribution < -0.4 is 5.32 Å². The molecule has 0 saturated heterocycles. The zero-order valence-electron chi connectivity index (χ0n) is 21.2. The van der Waals surface area contributed by atoms with E-state index in [4.69, 9.17) is 0 Å². The van der Waals surface area contributed by atoms with Crippen molar-refractivity contribution in [3.05, 3.63) is 89.7 Å². The average Bonchev–Trinajstić information content (AvgIpc) is 3.28. The molecule has 0 bridgehead atoms. The number of nitrogens with one attached hydrogen (secondary N) is 1. The van der Waals surface area contributed by atoms with Crippen molar-refractivity contribution in [3.8, 4) is 0 Å². The quantitative estimate of drug-likeness (QED) is 0.384. The average molecular weight is 485 g/mol. The first-order valence-electron chi connectivity index (χ1n) is 12.1. The number of para-hydroxylation sites is 1. The Bertz CT molecular complexity index is 1330. The molecule has 0 spiro atoms. The second kappa shape index (κ2) is 10.7. The highest BCUT2D eigenvalue weighted by molar-refractivity contribution is 5.89. The van der Waals surface area contributed by atoms with E-state index in [2.05, 4.69) is 20.6 Å². The summed E-state index contributed by atoms with van der Waals surface area (Å²) < 4.78 is 1.58. The number of hydrogen-bond acceptors (Lipinski definition) is 5. The van der Waals surface area contributed by atoms with Crippen LogP contribution in [-0.2, 0) is 22.7 Å². The molecule has 1 N–H and O–H groups in total. The van der Waals surface area contributed by atoms with E-state index in [1.807, 2.05) is 82.3 Å². The number of rotatable bonds is 9. The van der Waals surface area contributed by atoms with Gasteiger partial charge in [0, 0.05) is 30.0 Å². The monoisotopic (exact) mass is 484 g/mol. The van der Waals surface area contributed by atoms with Gasteiger partial charge in [0.25, 0.3) is 0 Å². The van der Waals surface area contributed by atoms with Crippen molar-refractivity contribution in [1.82, 2.24) is 30.2 Å². The number of benzene rings is 2. The van der Waals surface area contributed by atoms with Gasteiger partial charge in [-0.25, -0.2) is 4.68 Å². The van der Waals surface area contributed by atoms with Gasteiger partial charge in [-0.15, -0.1) is 5.10 Å². The summed E-state index contributed by atoms with van der Waals surface area (Å²) in [6.45, 7) is 8.18. The smallest absolute Gasteiger partial charge is 0.247 e. The van der Waals surface area contributed by atoms with Crippen LogP contribution in [-0.4, -0.2) is 42.2 Å². The number of carbonyl (C=O) groups excluding carboxylic acids is 2. The molecule has 2 heterocycles. The number of aromatic nitrogens is 4. The minimum Gasteiger partial charge on any atom is -0.349 e. The van der Waals surface area contributed by atoms with Gasteiger partial charge >= 0.3 is 0 Å². The fourth-order valence-electron chi connectivity index (χ4n) is 3.97. The maximum absolute atomic E-state index is 13.9. The number of pyridine rings is 1. The third kappa shape index (κ3) is 5.76. The molecule has 4 rings (SSSR count). The molecule has 0 fully saturated rings. The summed E-state index contributed by atoms with van der Waals surface area (Å²) in [5, 5.41) is 11.5. The lowest BCUT2D eigenvalue weighted by molar-refractivity contribution is -0.143. The maximum Gasteiger partial charge on any atom is 0.247 e. The van der Waals surface area contributed by atoms with Gasteiger partial charge in [-0.05, 0) is 51.0 Å². The largest absolute Gasteiger partial charge is 0.349 e. The molecule has 2 aromatic carbocycles. The van der Waals surface area contributed by atoms with Crippen molar-refractivity contribution in [3.63, 3.8) is 0 Å². The van der Waals surface area contributed by atoms with Crippen LogP contribution in [0.1, 0.15) is 49.9 Å². The first kappa shape index (κ1) is 25.0. The van der Waals surface area contributed by atoms with Gasteiger partial charge in [0.15, 0.2) is 0 Å². The Morgan fingerprint density at radius 3 is 2.50 bits per heavy atom. The molecule has 1 atom stereocenters. The first-order valence-corrected chi connectivity index (χ1v) is 12.1. The van der Waals surface area contributed by atoms with E-state index in [9.17, 15) is 9.59 Å². The number of carbonyl (C=O) groups is 2. The van der Waals surface area contributed by atoms with Crippen LogP contribution in [0.4, 0.5) is 0 Å². The molecule has 186 valence electrons. The van der Waals surface area contributed by atoms with Gasteiger partial charge < -0.3 is 10.2 Å². The SMILES string of the molecule is CCC(C)(C)NC(=O)C(c1cccnc1)N(Cc1ccc(C)cc1)C(=O)Cn1nnc2ccccc21. The summed E-state index contributed by atoms with van der Waals surface area (Å²) in [7, 11) is 0. The molecule has 4 aromatic rings. The zero-order chi connectivity index (χ0) is 25.7. The van der Waals surface area contributed by atoms with E-state index in [-0.39, 0.29) is 24.9 Å². The van der Waals surface area contributed by atoms with Crippen molar-refractivity contribution >= 4 is 22.8 Å². The molecule has 0 aliphatic rings. The van der Waals surface area contributed by atoms with E-state index in [1.165, 1.54) is 0 Å². The molecule has 8 nitrogen and oxygen atoms in total. The molecular weight excluding hydrogens is 452 g/mol. The van der Waals surface area contributed by atoms with E-state index < -0.39 is 11.6 Å². The summed E-state index contributed by atoms with van der Waals surface area (Å²) in [5.41, 5.74) is 3.73. The van der Waals surface area contributed by atoms with Crippen LogP contribution in [0.2, 0.25) is 0 Å².